The first-order chi connectivity index (χ1) is 13.4. The highest BCUT2D eigenvalue weighted by atomic mass is 16.4. The van der Waals surface area contributed by atoms with E-state index < -0.39 is 29.9 Å². The van der Waals surface area contributed by atoms with Gasteiger partial charge in [-0.3, -0.25) is 9.59 Å². The Morgan fingerprint density at radius 3 is 2.64 bits per heavy atom. The highest BCUT2D eigenvalue weighted by Crippen LogP contribution is 2.19. The molecule has 152 valence electrons. The lowest BCUT2D eigenvalue weighted by molar-refractivity contribution is -0.141. The summed E-state index contributed by atoms with van der Waals surface area (Å²) in [5.41, 5.74) is 12.8. The summed E-state index contributed by atoms with van der Waals surface area (Å²) in [6, 6.07) is 5.68. The van der Waals surface area contributed by atoms with Crippen LogP contribution in [0.2, 0.25) is 0 Å². The molecule has 1 aromatic carbocycles. The van der Waals surface area contributed by atoms with Crippen molar-refractivity contribution in [1.29, 1.82) is 0 Å². The van der Waals surface area contributed by atoms with E-state index in [-0.39, 0.29) is 13.0 Å². The Bertz CT molecular complexity index is 820. The van der Waals surface area contributed by atoms with Crippen molar-refractivity contribution >= 4 is 28.7 Å². The Morgan fingerprint density at radius 2 is 1.93 bits per heavy atom. The number of carbonyl (C=O) groups excluding carboxylic acids is 2. The third-order valence-electron chi connectivity index (χ3n) is 4.46. The van der Waals surface area contributed by atoms with Gasteiger partial charge >= 0.3 is 5.97 Å². The topological polar surface area (TPSA) is 163 Å². The van der Waals surface area contributed by atoms with E-state index in [4.69, 9.17) is 11.5 Å². The molecule has 1 aromatic heterocycles. The number of aliphatic carboxylic acids is 1. The number of aromatic amines is 1. The third kappa shape index (κ3) is 6.07. The molecule has 2 rings (SSSR count). The summed E-state index contributed by atoms with van der Waals surface area (Å²) in [6.07, 6.45) is 3.83. The van der Waals surface area contributed by atoms with E-state index in [9.17, 15) is 19.5 Å². The molecule has 9 nitrogen and oxygen atoms in total. The van der Waals surface area contributed by atoms with Crippen LogP contribution in [0.5, 0.6) is 0 Å². The van der Waals surface area contributed by atoms with E-state index in [0.717, 1.165) is 29.3 Å². The van der Waals surface area contributed by atoms with E-state index in [1.165, 1.54) is 0 Å². The first-order valence-electron chi connectivity index (χ1n) is 9.23. The number of H-pyrrole nitrogens is 1. The van der Waals surface area contributed by atoms with Crippen LogP contribution in [0, 0.1) is 0 Å². The second kappa shape index (κ2) is 10.4. The monoisotopic (exact) mass is 389 g/mol. The van der Waals surface area contributed by atoms with Gasteiger partial charge in [0.25, 0.3) is 0 Å². The lowest BCUT2D eigenvalue weighted by Crippen LogP contribution is -2.49. The lowest BCUT2D eigenvalue weighted by Gasteiger charge is -2.16. The van der Waals surface area contributed by atoms with Crippen LogP contribution >= 0.6 is 0 Å². The molecule has 0 aliphatic rings. The normalized spacial score (nSPS) is 13.1. The smallest absolute Gasteiger partial charge is 0.326 e. The molecule has 8 N–H and O–H groups in total. The average Bonchev–Trinajstić information content (AvgIpc) is 3.08. The van der Waals surface area contributed by atoms with E-state index >= 15 is 0 Å². The van der Waals surface area contributed by atoms with Crippen molar-refractivity contribution in [3.63, 3.8) is 0 Å². The molecule has 0 saturated carbocycles. The maximum atomic E-state index is 12.1. The van der Waals surface area contributed by atoms with Crippen molar-refractivity contribution < 1.29 is 19.5 Å². The van der Waals surface area contributed by atoms with Crippen LogP contribution in [0.15, 0.2) is 30.5 Å². The highest BCUT2D eigenvalue weighted by Gasteiger charge is 2.22. The zero-order chi connectivity index (χ0) is 20.5. The lowest BCUT2D eigenvalue weighted by atomic mass is 10.0. The van der Waals surface area contributed by atoms with Gasteiger partial charge in [-0.15, -0.1) is 0 Å². The van der Waals surface area contributed by atoms with Crippen molar-refractivity contribution in [1.82, 2.24) is 15.6 Å². The molecule has 2 unspecified atom stereocenters. The average molecular weight is 389 g/mol. The first-order valence-corrected chi connectivity index (χ1v) is 9.23. The highest BCUT2D eigenvalue weighted by molar-refractivity contribution is 5.90. The molecule has 0 spiro atoms. The number of nitrogens with two attached hydrogens (primary N) is 2. The van der Waals surface area contributed by atoms with Gasteiger partial charge < -0.3 is 32.2 Å². The van der Waals surface area contributed by atoms with Gasteiger partial charge in [0.15, 0.2) is 0 Å². The molecule has 0 aliphatic carbocycles. The second-order valence-corrected chi connectivity index (χ2v) is 6.63. The summed E-state index contributed by atoms with van der Waals surface area (Å²) in [4.78, 5) is 38.6. The van der Waals surface area contributed by atoms with Gasteiger partial charge in [-0.2, -0.15) is 0 Å². The fourth-order valence-corrected chi connectivity index (χ4v) is 2.90. The molecule has 0 radical (unpaired) electrons. The Morgan fingerprint density at radius 1 is 1.18 bits per heavy atom. The second-order valence-electron chi connectivity index (χ2n) is 6.63. The van der Waals surface area contributed by atoms with Crippen LogP contribution < -0.4 is 22.1 Å². The number of carboxylic acid groups (broad SMARTS) is 1. The number of carboxylic acids is 1. The molecule has 2 aromatic rings. The van der Waals surface area contributed by atoms with Crippen LogP contribution in [-0.2, 0) is 20.8 Å². The number of nitrogens with one attached hydrogen (secondary N) is 3. The maximum absolute atomic E-state index is 12.1. The number of fused-ring (bicyclic) bond motifs is 1. The summed E-state index contributed by atoms with van der Waals surface area (Å²) >= 11 is 0. The number of benzene rings is 1. The zero-order valence-corrected chi connectivity index (χ0v) is 15.6. The minimum absolute atomic E-state index is 0.123. The summed E-state index contributed by atoms with van der Waals surface area (Å²) in [5.74, 6) is -2.19. The number of hydrogen-bond donors (Lipinski definition) is 6. The minimum atomic E-state index is -1.15. The molecule has 9 heteroatoms. The van der Waals surface area contributed by atoms with Crippen LogP contribution in [0.1, 0.15) is 24.8 Å². The Labute approximate surface area is 162 Å². The molecular weight excluding hydrogens is 362 g/mol. The number of aromatic nitrogens is 1. The van der Waals surface area contributed by atoms with Gasteiger partial charge in [0.2, 0.25) is 11.8 Å². The third-order valence-corrected chi connectivity index (χ3v) is 4.46. The summed E-state index contributed by atoms with van der Waals surface area (Å²) in [6.45, 7) is 0.199. The van der Waals surface area contributed by atoms with Crippen LogP contribution in [0.3, 0.4) is 0 Å². The van der Waals surface area contributed by atoms with Crippen molar-refractivity contribution in [2.75, 3.05) is 13.1 Å². The van der Waals surface area contributed by atoms with E-state index in [2.05, 4.69) is 15.6 Å². The molecule has 0 aliphatic heterocycles. The quantitative estimate of drug-likeness (QED) is 0.293. The predicted molar refractivity (Wildman–Crippen MR) is 105 cm³/mol. The standard InChI is InChI=1S/C19H27N5O4/c20-8-4-3-6-14(21)18(26)23-11-17(25)24-16(19(27)28)9-12-10-22-15-7-2-1-5-13(12)15/h1-2,5,7,10,14,16,22H,3-4,6,8-9,11,20-21H2,(H,23,26)(H,24,25)(H,27,28). The van der Waals surface area contributed by atoms with Gasteiger partial charge in [0, 0.05) is 23.5 Å². The van der Waals surface area contributed by atoms with Crippen LogP contribution in [0.4, 0.5) is 0 Å². The van der Waals surface area contributed by atoms with Gasteiger partial charge in [0.05, 0.1) is 12.6 Å². The summed E-state index contributed by atoms with van der Waals surface area (Å²) in [7, 11) is 0. The molecular formula is C19H27N5O4. The van der Waals surface area contributed by atoms with Crippen molar-refractivity contribution in [3.05, 3.63) is 36.0 Å². The summed E-state index contributed by atoms with van der Waals surface area (Å²) < 4.78 is 0. The molecule has 0 saturated heterocycles. The number of hydrogen-bond acceptors (Lipinski definition) is 5. The van der Waals surface area contributed by atoms with Crippen molar-refractivity contribution in [2.24, 2.45) is 11.5 Å². The number of para-hydroxylation sites is 1. The van der Waals surface area contributed by atoms with Gasteiger partial charge in [-0.25, -0.2) is 4.79 Å². The first kappa shape index (κ1) is 21.4. The number of unbranched alkanes of at least 4 members (excludes halogenated alkanes) is 1. The SMILES string of the molecule is NCCCCC(N)C(=O)NCC(=O)NC(Cc1c[nH]c2ccccc12)C(=O)O. The Hall–Kier alpha value is -2.91. The summed E-state index contributed by atoms with van der Waals surface area (Å²) in [5, 5.41) is 15.2. The molecule has 1 heterocycles. The maximum Gasteiger partial charge on any atom is 0.326 e. The molecule has 2 amide bonds. The van der Waals surface area contributed by atoms with Gasteiger partial charge in [-0.05, 0) is 31.0 Å². The molecule has 28 heavy (non-hydrogen) atoms. The van der Waals surface area contributed by atoms with E-state index in [1.807, 2.05) is 24.3 Å². The zero-order valence-electron chi connectivity index (χ0n) is 15.6. The predicted octanol–water partition coefficient (Wildman–Crippen LogP) is -0.148. The fourth-order valence-electron chi connectivity index (χ4n) is 2.90. The van der Waals surface area contributed by atoms with Crippen molar-refractivity contribution in [3.8, 4) is 0 Å². The van der Waals surface area contributed by atoms with Gasteiger partial charge in [0.1, 0.15) is 6.04 Å². The fraction of sp³-hybridized carbons (Fsp3) is 0.421. The largest absolute Gasteiger partial charge is 0.480 e. The Balaban J connectivity index is 1.87. The minimum Gasteiger partial charge on any atom is -0.480 e. The Kier molecular flexibility index (Phi) is 7.97. The number of amides is 2. The van der Waals surface area contributed by atoms with Gasteiger partial charge in [-0.1, -0.05) is 24.6 Å². The molecule has 0 fully saturated rings. The van der Waals surface area contributed by atoms with Crippen LogP contribution in [-0.4, -0.2) is 53.0 Å². The molecule has 2 atom stereocenters. The van der Waals surface area contributed by atoms with E-state index in [0.29, 0.717) is 13.0 Å². The molecule has 0 bridgehead atoms. The van der Waals surface area contributed by atoms with Crippen molar-refractivity contribution in [2.45, 2.75) is 37.8 Å². The van der Waals surface area contributed by atoms with E-state index in [1.54, 1.807) is 6.20 Å². The number of rotatable bonds is 11. The number of carbonyl (C=O) groups is 3. The van der Waals surface area contributed by atoms with Crippen LogP contribution in [0.25, 0.3) is 10.9 Å².